The zero-order chi connectivity index (χ0) is 18.4. The van der Waals surface area contributed by atoms with Gasteiger partial charge in [-0.3, -0.25) is 4.79 Å². The fraction of sp³-hybridized carbons (Fsp3) is 0.278. The number of aromatic carboxylic acids is 1. The van der Waals surface area contributed by atoms with Crippen molar-refractivity contribution in [1.29, 1.82) is 5.26 Å². The van der Waals surface area contributed by atoms with Crippen LogP contribution in [0.1, 0.15) is 41.4 Å². The fourth-order valence-electron chi connectivity index (χ4n) is 3.03. The molecule has 1 aliphatic rings. The normalized spacial score (nSPS) is 20.9. The van der Waals surface area contributed by atoms with E-state index in [4.69, 9.17) is 10.00 Å². The summed E-state index contributed by atoms with van der Waals surface area (Å²) >= 11 is 0. The zero-order valence-electron chi connectivity index (χ0n) is 13.6. The average Bonchev–Trinajstić information content (AvgIpc) is 2.56. The number of aromatic nitrogens is 1. The molecule has 0 aliphatic carbocycles. The molecule has 0 fully saturated rings. The zero-order valence-corrected chi connectivity index (χ0v) is 13.6. The second-order valence-corrected chi connectivity index (χ2v) is 6.40. The number of aliphatic hydroxyl groups excluding tert-OH is 1. The van der Waals surface area contributed by atoms with Gasteiger partial charge in [-0.25, -0.2) is 4.79 Å². The van der Waals surface area contributed by atoms with Crippen LogP contribution in [0.5, 0.6) is 5.75 Å². The van der Waals surface area contributed by atoms with E-state index in [9.17, 15) is 19.8 Å². The second-order valence-electron chi connectivity index (χ2n) is 6.40. The molecule has 2 heterocycles. The molecule has 0 saturated heterocycles. The van der Waals surface area contributed by atoms with Gasteiger partial charge in [0.05, 0.1) is 17.7 Å². The topological polar surface area (TPSA) is 113 Å². The maximum Gasteiger partial charge on any atom is 0.341 e. The first-order chi connectivity index (χ1) is 11.8. The highest BCUT2D eigenvalue weighted by Gasteiger charge is 2.44. The standard InChI is InChI=1S/C18H16N2O5/c1-18(2)15(21)14(12-8-10(9-19)5-6-13(12)25-18)20-7-3-4-11(16(20)22)17(23)24/h3-8,14-15,21H,1-2H3,(H,23,24)/t14-,15+/m1/s1. The average molecular weight is 340 g/mol. The molecule has 128 valence electrons. The van der Waals surface area contributed by atoms with Gasteiger partial charge in [0.25, 0.3) is 5.56 Å². The maximum absolute atomic E-state index is 12.6. The molecule has 0 unspecified atom stereocenters. The number of nitrogens with zero attached hydrogens (tertiary/aromatic N) is 2. The first-order valence-corrected chi connectivity index (χ1v) is 7.62. The largest absolute Gasteiger partial charge is 0.485 e. The number of benzene rings is 1. The van der Waals surface area contributed by atoms with Crippen LogP contribution in [-0.2, 0) is 0 Å². The van der Waals surface area contributed by atoms with E-state index in [2.05, 4.69) is 0 Å². The number of ether oxygens (including phenoxy) is 1. The van der Waals surface area contributed by atoms with Crippen LogP contribution in [0.25, 0.3) is 0 Å². The first-order valence-electron chi connectivity index (χ1n) is 7.62. The molecule has 2 N–H and O–H groups in total. The molecule has 1 aromatic heterocycles. The summed E-state index contributed by atoms with van der Waals surface area (Å²) in [5.41, 5.74) is -1.33. The Morgan fingerprint density at radius 2 is 2.08 bits per heavy atom. The highest BCUT2D eigenvalue weighted by Crippen LogP contribution is 2.41. The highest BCUT2D eigenvalue weighted by molar-refractivity contribution is 5.87. The molecule has 0 radical (unpaired) electrons. The number of aliphatic hydroxyl groups is 1. The third-order valence-electron chi connectivity index (χ3n) is 4.35. The number of hydrogen-bond acceptors (Lipinski definition) is 5. The van der Waals surface area contributed by atoms with Crippen molar-refractivity contribution in [1.82, 2.24) is 4.57 Å². The summed E-state index contributed by atoms with van der Waals surface area (Å²) in [7, 11) is 0. The van der Waals surface area contributed by atoms with Crippen molar-refractivity contribution >= 4 is 5.97 Å². The molecule has 2 aromatic rings. The summed E-state index contributed by atoms with van der Waals surface area (Å²) in [6.45, 7) is 3.36. The summed E-state index contributed by atoms with van der Waals surface area (Å²) in [6, 6.07) is 8.52. The van der Waals surface area contributed by atoms with E-state index < -0.39 is 34.8 Å². The van der Waals surface area contributed by atoms with Gasteiger partial charge in [-0.05, 0) is 44.2 Å². The molecule has 3 rings (SSSR count). The van der Waals surface area contributed by atoms with Gasteiger partial charge in [0.2, 0.25) is 0 Å². The number of hydrogen-bond donors (Lipinski definition) is 2. The molecule has 1 aliphatic heterocycles. The van der Waals surface area contributed by atoms with Crippen LogP contribution in [0.3, 0.4) is 0 Å². The fourth-order valence-corrected chi connectivity index (χ4v) is 3.03. The number of rotatable bonds is 2. The number of nitriles is 1. The Balaban J connectivity index is 2.29. The number of carboxylic acids is 1. The third kappa shape index (κ3) is 2.66. The van der Waals surface area contributed by atoms with Gasteiger partial charge >= 0.3 is 5.97 Å². The number of carbonyl (C=O) groups is 1. The summed E-state index contributed by atoms with van der Waals surface area (Å²) in [4.78, 5) is 23.9. The molecule has 1 aromatic carbocycles. The Morgan fingerprint density at radius 3 is 2.72 bits per heavy atom. The van der Waals surface area contributed by atoms with Crippen molar-refractivity contribution in [3.8, 4) is 11.8 Å². The second kappa shape index (κ2) is 5.76. The van der Waals surface area contributed by atoms with Gasteiger partial charge in [-0.1, -0.05) is 0 Å². The van der Waals surface area contributed by atoms with Crippen LogP contribution >= 0.6 is 0 Å². The summed E-state index contributed by atoms with van der Waals surface area (Å²) < 4.78 is 6.99. The Hall–Kier alpha value is -3.11. The monoisotopic (exact) mass is 340 g/mol. The molecule has 0 bridgehead atoms. The van der Waals surface area contributed by atoms with E-state index in [0.29, 0.717) is 16.9 Å². The first kappa shape index (κ1) is 16.7. The van der Waals surface area contributed by atoms with Crippen molar-refractivity contribution in [3.05, 3.63) is 63.6 Å². The molecular weight excluding hydrogens is 324 g/mol. The van der Waals surface area contributed by atoms with E-state index in [-0.39, 0.29) is 0 Å². The minimum absolute atomic E-state index is 0.349. The molecule has 7 nitrogen and oxygen atoms in total. The Bertz CT molecular complexity index is 955. The van der Waals surface area contributed by atoms with Gasteiger partial charge in [0, 0.05) is 11.8 Å². The van der Waals surface area contributed by atoms with Gasteiger partial charge < -0.3 is 19.5 Å². The molecule has 0 spiro atoms. The molecular formula is C18H16N2O5. The Labute approximate surface area is 143 Å². The molecule has 25 heavy (non-hydrogen) atoms. The summed E-state index contributed by atoms with van der Waals surface area (Å²) in [5, 5.41) is 29.1. The third-order valence-corrected chi connectivity index (χ3v) is 4.35. The number of fused-ring (bicyclic) bond motifs is 1. The predicted octanol–water partition coefficient (Wildman–Crippen LogP) is 1.54. The predicted molar refractivity (Wildman–Crippen MR) is 87.7 cm³/mol. The quantitative estimate of drug-likeness (QED) is 0.857. The van der Waals surface area contributed by atoms with E-state index in [1.54, 1.807) is 32.0 Å². The Morgan fingerprint density at radius 1 is 1.36 bits per heavy atom. The van der Waals surface area contributed by atoms with Crippen LogP contribution in [0.15, 0.2) is 41.3 Å². The lowest BCUT2D eigenvalue weighted by molar-refractivity contribution is -0.0643. The SMILES string of the molecule is CC1(C)Oc2ccc(C#N)cc2[C@@H](n2cccc(C(=O)O)c2=O)[C@@H]1O. The van der Waals surface area contributed by atoms with Crippen molar-refractivity contribution in [2.24, 2.45) is 0 Å². The van der Waals surface area contributed by atoms with E-state index in [1.165, 1.54) is 22.9 Å². The lowest BCUT2D eigenvalue weighted by atomic mass is 9.85. The number of carboxylic acid groups (broad SMARTS) is 1. The van der Waals surface area contributed by atoms with E-state index in [0.717, 1.165) is 0 Å². The van der Waals surface area contributed by atoms with Crippen LogP contribution in [-0.4, -0.2) is 32.5 Å². The van der Waals surface area contributed by atoms with Gasteiger partial charge in [0.15, 0.2) is 0 Å². The van der Waals surface area contributed by atoms with Crippen LogP contribution in [0.2, 0.25) is 0 Å². The van der Waals surface area contributed by atoms with Gasteiger partial charge in [0.1, 0.15) is 23.0 Å². The highest BCUT2D eigenvalue weighted by atomic mass is 16.5. The number of pyridine rings is 1. The van der Waals surface area contributed by atoms with Crippen molar-refractivity contribution in [3.63, 3.8) is 0 Å². The van der Waals surface area contributed by atoms with Crippen molar-refractivity contribution < 1.29 is 19.7 Å². The van der Waals surface area contributed by atoms with Gasteiger partial charge in [-0.2, -0.15) is 5.26 Å². The maximum atomic E-state index is 12.6. The van der Waals surface area contributed by atoms with Crippen molar-refractivity contribution in [2.45, 2.75) is 31.6 Å². The minimum Gasteiger partial charge on any atom is -0.485 e. The Kier molecular flexibility index (Phi) is 3.85. The minimum atomic E-state index is -1.34. The molecule has 0 amide bonds. The van der Waals surface area contributed by atoms with Crippen LogP contribution in [0.4, 0.5) is 0 Å². The lowest BCUT2D eigenvalue weighted by Gasteiger charge is -2.42. The molecule has 2 atom stereocenters. The smallest absolute Gasteiger partial charge is 0.341 e. The van der Waals surface area contributed by atoms with Crippen LogP contribution < -0.4 is 10.3 Å². The molecule has 7 heteroatoms. The van der Waals surface area contributed by atoms with Gasteiger partial charge in [-0.15, -0.1) is 0 Å². The summed E-state index contributed by atoms with van der Waals surface area (Å²) in [5.74, 6) is -0.905. The van der Waals surface area contributed by atoms with E-state index in [1.807, 2.05) is 6.07 Å². The van der Waals surface area contributed by atoms with Crippen LogP contribution in [0, 0.1) is 11.3 Å². The summed E-state index contributed by atoms with van der Waals surface area (Å²) in [6.07, 6.45) is 0.295. The van der Waals surface area contributed by atoms with E-state index >= 15 is 0 Å². The molecule has 0 saturated carbocycles. The lowest BCUT2D eigenvalue weighted by Crippen LogP contribution is -2.52. The van der Waals surface area contributed by atoms with Crippen molar-refractivity contribution in [2.75, 3.05) is 0 Å².